The van der Waals surface area contributed by atoms with Crippen LogP contribution >= 0.6 is 22.9 Å². The van der Waals surface area contributed by atoms with Crippen molar-refractivity contribution in [2.24, 2.45) is 11.3 Å². The highest BCUT2D eigenvalue weighted by molar-refractivity contribution is 7.15. The summed E-state index contributed by atoms with van der Waals surface area (Å²) in [4.78, 5) is 13.2. The third kappa shape index (κ3) is 2.33. The van der Waals surface area contributed by atoms with Crippen molar-refractivity contribution in [3.05, 3.63) is 21.4 Å². The van der Waals surface area contributed by atoms with E-state index in [2.05, 4.69) is 20.8 Å². The lowest BCUT2D eigenvalue weighted by Crippen LogP contribution is -2.26. The van der Waals surface area contributed by atoms with Crippen LogP contribution in [0.4, 0.5) is 0 Å². The van der Waals surface area contributed by atoms with E-state index in [1.165, 1.54) is 16.9 Å². The van der Waals surface area contributed by atoms with Crippen LogP contribution in [0.25, 0.3) is 0 Å². The smallest absolute Gasteiger partial charge is 0.262 e. The number of hydrogen-bond acceptors (Lipinski definition) is 2. The van der Waals surface area contributed by atoms with Gasteiger partial charge in [0.25, 0.3) is 5.24 Å². The van der Waals surface area contributed by atoms with Gasteiger partial charge in [0, 0.05) is 4.88 Å². The standard InChI is InChI=1S/C13H17ClOS/c1-13(2,3)9-4-5-10-8(6-9)7-11(16-10)12(14)15/h7,9H,4-6H2,1-3H3. The largest absolute Gasteiger partial charge is 0.275 e. The first-order valence-corrected chi connectivity index (χ1v) is 6.89. The highest BCUT2D eigenvalue weighted by Crippen LogP contribution is 2.40. The van der Waals surface area contributed by atoms with Crippen LogP contribution in [0.3, 0.4) is 0 Å². The van der Waals surface area contributed by atoms with Crippen molar-refractivity contribution < 1.29 is 4.79 Å². The predicted octanol–water partition coefficient (Wildman–Crippen LogP) is 4.28. The van der Waals surface area contributed by atoms with Gasteiger partial charge in [-0.05, 0) is 53.8 Å². The number of thiophene rings is 1. The minimum absolute atomic E-state index is 0.313. The number of carbonyl (C=O) groups is 1. The SMILES string of the molecule is CC(C)(C)C1CCc2sc(C(=O)Cl)cc2C1. The van der Waals surface area contributed by atoms with Crippen LogP contribution in [-0.2, 0) is 12.8 Å². The third-order valence-corrected chi connectivity index (χ3v) is 5.05. The van der Waals surface area contributed by atoms with E-state index in [9.17, 15) is 4.79 Å². The molecule has 1 heterocycles. The van der Waals surface area contributed by atoms with Gasteiger partial charge in [-0.25, -0.2) is 0 Å². The second-order valence-electron chi connectivity index (χ2n) is 5.64. The normalized spacial score (nSPS) is 20.6. The Labute approximate surface area is 106 Å². The summed E-state index contributed by atoms with van der Waals surface area (Å²) in [6.07, 6.45) is 3.43. The van der Waals surface area contributed by atoms with E-state index in [1.54, 1.807) is 11.3 Å². The van der Waals surface area contributed by atoms with Crippen LogP contribution < -0.4 is 0 Å². The number of aryl methyl sites for hydroxylation is 1. The maximum absolute atomic E-state index is 11.1. The van der Waals surface area contributed by atoms with Crippen LogP contribution in [0, 0.1) is 11.3 Å². The molecule has 1 unspecified atom stereocenters. The second kappa shape index (κ2) is 4.15. The van der Waals surface area contributed by atoms with Crippen molar-refractivity contribution in [1.29, 1.82) is 0 Å². The molecule has 3 heteroatoms. The van der Waals surface area contributed by atoms with E-state index < -0.39 is 0 Å². The summed E-state index contributed by atoms with van der Waals surface area (Å²) < 4.78 is 0. The molecule has 1 nitrogen and oxygen atoms in total. The number of rotatable bonds is 1. The molecule has 0 saturated heterocycles. The van der Waals surface area contributed by atoms with Crippen molar-refractivity contribution in [2.45, 2.75) is 40.0 Å². The number of halogens is 1. The summed E-state index contributed by atoms with van der Waals surface area (Å²) in [5, 5.41) is -0.313. The second-order valence-corrected chi connectivity index (χ2v) is 7.12. The highest BCUT2D eigenvalue weighted by atomic mass is 35.5. The third-order valence-electron chi connectivity index (χ3n) is 3.50. The monoisotopic (exact) mass is 256 g/mol. The van der Waals surface area contributed by atoms with Crippen molar-refractivity contribution in [3.8, 4) is 0 Å². The molecule has 0 N–H and O–H groups in total. The van der Waals surface area contributed by atoms with Gasteiger partial charge in [0.1, 0.15) is 0 Å². The zero-order chi connectivity index (χ0) is 11.9. The van der Waals surface area contributed by atoms with Gasteiger partial charge >= 0.3 is 0 Å². The molecule has 0 radical (unpaired) electrons. The molecule has 1 aromatic heterocycles. The molecule has 0 saturated carbocycles. The quantitative estimate of drug-likeness (QED) is 0.686. The Kier molecular flexibility index (Phi) is 3.15. The first-order chi connectivity index (χ1) is 7.38. The summed E-state index contributed by atoms with van der Waals surface area (Å²) in [5.74, 6) is 0.716. The maximum Gasteiger partial charge on any atom is 0.262 e. The first-order valence-electron chi connectivity index (χ1n) is 5.69. The summed E-state index contributed by atoms with van der Waals surface area (Å²) in [5.41, 5.74) is 1.70. The lowest BCUT2D eigenvalue weighted by Gasteiger charge is -2.33. The Morgan fingerprint density at radius 2 is 2.19 bits per heavy atom. The Morgan fingerprint density at radius 1 is 1.50 bits per heavy atom. The molecular formula is C13H17ClOS. The van der Waals surface area contributed by atoms with Crippen LogP contribution in [-0.4, -0.2) is 5.24 Å². The van der Waals surface area contributed by atoms with E-state index in [1.807, 2.05) is 6.07 Å². The molecule has 16 heavy (non-hydrogen) atoms. The first kappa shape index (κ1) is 12.1. The van der Waals surface area contributed by atoms with Gasteiger partial charge in [0.05, 0.1) is 4.88 Å². The molecule has 1 aliphatic rings. The van der Waals surface area contributed by atoms with Gasteiger partial charge in [0.15, 0.2) is 0 Å². The molecule has 88 valence electrons. The van der Waals surface area contributed by atoms with Crippen molar-refractivity contribution in [1.82, 2.24) is 0 Å². The Hall–Kier alpha value is -0.340. The summed E-state index contributed by atoms with van der Waals surface area (Å²) in [7, 11) is 0. The van der Waals surface area contributed by atoms with Crippen molar-refractivity contribution in [2.75, 3.05) is 0 Å². The van der Waals surface area contributed by atoms with Gasteiger partial charge in [0.2, 0.25) is 0 Å². The molecule has 0 spiro atoms. The van der Waals surface area contributed by atoms with E-state index in [4.69, 9.17) is 11.6 Å². The van der Waals surface area contributed by atoms with Gasteiger partial charge in [-0.2, -0.15) is 0 Å². The summed E-state index contributed by atoms with van der Waals surface area (Å²) in [6, 6.07) is 1.99. The van der Waals surface area contributed by atoms with E-state index >= 15 is 0 Å². The fourth-order valence-corrected chi connectivity index (χ4v) is 3.57. The minimum Gasteiger partial charge on any atom is -0.275 e. The Balaban J connectivity index is 2.24. The Bertz CT molecular complexity index is 414. The minimum atomic E-state index is -0.313. The average Bonchev–Trinajstić information content (AvgIpc) is 2.58. The zero-order valence-corrected chi connectivity index (χ0v) is 11.5. The molecule has 1 aliphatic carbocycles. The molecular weight excluding hydrogens is 240 g/mol. The fraction of sp³-hybridized carbons (Fsp3) is 0.615. The van der Waals surface area contributed by atoms with Crippen molar-refractivity contribution >= 4 is 28.2 Å². The molecule has 0 aromatic carbocycles. The lowest BCUT2D eigenvalue weighted by atomic mass is 9.72. The van der Waals surface area contributed by atoms with E-state index in [0.29, 0.717) is 16.2 Å². The van der Waals surface area contributed by atoms with E-state index in [0.717, 1.165) is 12.8 Å². The summed E-state index contributed by atoms with van der Waals surface area (Å²) in [6.45, 7) is 6.88. The average molecular weight is 257 g/mol. The Morgan fingerprint density at radius 3 is 2.75 bits per heavy atom. The van der Waals surface area contributed by atoms with Gasteiger partial charge < -0.3 is 0 Å². The molecule has 0 fully saturated rings. The lowest BCUT2D eigenvalue weighted by molar-refractivity contribution is 0.108. The molecule has 0 aliphatic heterocycles. The van der Waals surface area contributed by atoms with Crippen molar-refractivity contribution in [3.63, 3.8) is 0 Å². The molecule has 0 bridgehead atoms. The van der Waals surface area contributed by atoms with Crippen LogP contribution in [0.15, 0.2) is 6.07 Å². The van der Waals surface area contributed by atoms with Crippen LogP contribution in [0.5, 0.6) is 0 Å². The number of hydrogen-bond donors (Lipinski definition) is 0. The number of carbonyl (C=O) groups excluding carboxylic acids is 1. The molecule has 2 rings (SSSR count). The van der Waals surface area contributed by atoms with Gasteiger partial charge in [-0.3, -0.25) is 4.79 Å². The van der Waals surface area contributed by atoms with Crippen LogP contribution in [0.1, 0.15) is 47.3 Å². The molecule has 1 atom stereocenters. The highest BCUT2D eigenvalue weighted by Gasteiger charge is 2.30. The number of fused-ring (bicyclic) bond motifs is 1. The fourth-order valence-electron chi connectivity index (χ4n) is 2.36. The topological polar surface area (TPSA) is 17.1 Å². The molecule has 1 aromatic rings. The summed E-state index contributed by atoms with van der Waals surface area (Å²) >= 11 is 7.10. The van der Waals surface area contributed by atoms with Gasteiger partial charge in [-0.1, -0.05) is 20.8 Å². The van der Waals surface area contributed by atoms with Gasteiger partial charge in [-0.15, -0.1) is 11.3 Å². The maximum atomic E-state index is 11.1. The van der Waals surface area contributed by atoms with E-state index in [-0.39, 0.29) is 5.24 Å². The van der Waals surface area contributed by atoms with Crippen LogP contribution in [0.2, 0.25) is 0 Å². The molecule has 0 amide bonds. The zero-order valence-electron chi connectivity index (χ0n) is 9.97. The predicted molar refractivity (Wildman–Crippen MR) is 69.5 cm³/mol.